The first-order chi connectivity index (χ1) is 10.2. The highest BCUT2D eigenvalue weighted by molar-refractivity contribution is 5.92. The van der Waals surface area contributed by atoms with E-state index in [4.69, 9.17) is 0 Å². The first-order valence-corrected chi connectivity index (χ1v) is 6.63. The number of hydrogen-bond donors (Lipinski definition) is 1. The number of rotatable bonds is 2. The highest BCUT2D eigenvalue weighted by Gasteiger charge is 2.08. The molecular formula is C15H14N4O2. The third-order valence-electron chi connectivity index (χ3n) is 3.20. The van der Waals surface area contributed by atoms with Gasteiger partial charge < -0.3 is 9.88 Å². The van der Waals surface area contributed by atoms with Gasteiger partial charge in [-0.05, 0) is 19.1 Å². The van der Waals surface area contributed by atoms with E-state index in [2.05, 4.69) is 10.4 Å². The van der Waals surface area contributed by atoms with Crippen molar-refractivity contribution in [3.63, 3.8) is 0 Å². The van der Waals surface area contributed by atoms with Crippen LogP contribution in [0, 0.1) is 0 Å². The van der Waals surface area contributed by atoms with E-state index in [9.17, 15) is 9.59 Å². The van der Waals surface area contributed by atoms with E-state index >= 15 is 0 Å². The van der Waals surface area contributed by atoms with Crippen LogP contribution in [0.5, 0.6) is 0 Å². The molecule has 0 radical (unpaired) electrons. The second kappa shape index (κ2) is 5.24. The van der Waals surface area contributed by atoms with Gasteiger partial charge in [-0.15, -0.1) is 0 Å². The van der Waals surface area contributed by atoms with E-state index < -0.39 is 0 Å². The molecule has 0 aliphatic carbocycles. The van der Waals surface area contributed by atoms with Crippen LogP contribution < -0.4 is 10.9 Å². The van der Waals surface area contributed by atoms with Gasteiger partial charge in [-0.3, -0.25) is 4.79 Å². The molecule has 6 heteroatoms. The Balaban J connectivity index is 1.87. The highest BCUT2D eigenvalue weighted by atomic mass is 16.2. The first kappa shape index (κ1) is 13.1. The van der Waals surface area contributed by atoms with Crippen molar-refractivity contribution in [3.05, 3.63) is 59.1 Å². The lowest BCUT2D eigenvalue weighted by Gasteiger charge is -2.07. The number of pyridine rings is 1. The number of carbonyl (C=O) groups excluding carboxylic acids is 1. The van der Waals surface area contributed by atoms with Crippen LogP contribution in [0.3, 0.4) is 0 Å². The lowest BCUT2D eigenvalue weighted by molar-refractivity contribution is 0.251. The summed E-state index contributed by atoms with van der Waals surface area (Å²) >= 11 is 0. The molecular weight excluding hydrogens is 268 g/mol. The van der Waals surface area contributed by atoms with Crippen LogP contribution in [0.25, 0.3) is 10.9 Å². The van der Waals surface area contributed by atoms with Crippen LogP contribution in [0.1, 0.15) is 6.92 Å². The molecule has 0 unspecified atom stereocenters. The summed E-state index contributed by atoms with van der Waals surface area (Å²) in [5, 5.41) is 7.82. The van der Waals surface area contributed by atoms with Crippen molar-refractivity contribution < 1.29 is 4.79 Å². The number of anilines is 1. The van der Waals surface area contributed by atoms with Gasteiger partial charge >= 0.3 is 6.03 Å². The van der Waals surface area contributed by atoms with Gasteiger partial charge in [-0.2, -0.15) is 9.78 Å². The van der Waals surface area contributed by atoms with E-state index in [0.717, 1.165) is 10.9 Å². The maximum atomic E-state index is 12.2. The minimum Gasteiger partial charge on any atom is -0.314 e. The van der Waals surface area contributed by atoms with Crippen molar-refractivity contribution in [2.45, 2.75) is 13.5 Å². The number of fused-ring (bicyclic) bond motifs is 1. The molecule has 0 saturated carbocycles. The molecule has 0 bridgehead atoms. The topological polar surface area (TPSA) is 68.9 Å². The molecule has 3 rings (SSSR count). The molecule has 106 valence electrons. The molecule has 2 heterocycles. The maximum Gasteiger partial charge on any atom is 0.346 e. The van der Waals surface area contributed by atoms with Crippen LogP contribution in [0.15, 0.2) is 53.6 Å². The monoisotopic (exact) mass is 282 g/mol. The fraction of sp³-hybridized carbons (Fsp3) is 0.133. The number of nitrogens with zero attached hydrogens (tertiary/aromatic N) is 3. The van der Waals surface area contributed by atoms with Gasteiger partial charge in [0.15, 0.2) is 0 Å². The Morgan fingerprint density at radius 3 is 2.76 bits per heavy atom. The first-order valence-electron chi connectivity index (χ1n) is 6.63. The van der Waals surface area contributed by atoms with E-state index in [1.807, 2.05) is 31.2 Å². The third kappa shape index (κ3) is 2.55. The summed E-state index contributed by atoms with van der Waals surface area (Å²) in [6, 6.07) is 10.1. The van der Waals surface area contributed by atoms with Crippen LogP contribution in [-0.4, -0.2) is 20.4 Å². The lowest BCUT2D eigenvalue weighted by Crippen LogP contribution is -2.22. The summed E-state index contributed by atoms with van der Waals surface area (Å²) in [4.78, 5) is 23.7. The average Bonchev–Trinajstić information content (AvgIpc) is 2.93. The van der Waals surface area contributed by atoms with Gasteiger partial charge in [0.05, 0.1) is 11.2 Å². The normalized spacial score (nSPS) is 10.7. The zero-order valence-electron chi connectivity index (χ0n) is 11.5. The number of hydrogen-bond acceptors (Lipinski definition) is 3. The fourth-order valence-electron chi connectivity index (χ4n) is 2.10. The minimum atomic E-state index is -0.368. The third-order valence-corrected chi connectivity index (χ3v) is 3.20. The van der Waals surface area contributed by atoms with Crippen LogP contribution >= 0.6 is 0 Å². The second-order valence-corrected chi connectivity index (χ2v) is 4.60. The number of aromatic nitrogens is 3. The van der Waals surface area contributed by atoms with Gasteiger partial charge in [0.1, 0.15) is 0 Å². The molecule has 2 aromatic heterocycles. The summed E-state index contributed by atoms with van der Waals surface area (Å²) in [5.74, 6) is 0. The molecule has 1 N–H and O–H groups in total. The molecule has 0 fully saturated rings. The van der Waals surface area contributed by atoms with Crippen LogP contribution in [0.4, 0.5) is 10.5 Å². The maximum absolute atomic E-state index is 12.2. The zero-order valence-corrected chi connectivity index (χ0v) is 11.5. The van der Waals surface area contributed by atoms with E-state index in [0.29, 0.717) is 12.2 Å². The molecule has 0 atom stereocenters. The van der Waals surface area contributed by atoms with Crippen molar-refractivity contribution >= 4 is 22.6 Å². The van der Waals surface area contributed by atoms with Gasteiger partial charge in [0.2, 0.25) is 0 Å². The molecule has 0 aliphatic heterocycles. The number of aryl methyl sites for hydroxylation is 1. The number of benzene rings is 1. The zero-order chi connectivity index (χ0) is 14.8. The highest BCUT2D eigenvalue weighted by Crippen LogP contribution is 2.11. The summed E-state index contributed by atoms with van der Waals surface area (Å²) < 4.78 is 2.78. The van der Waals surface area contributed by atoms with Crippen LogP contribution in [0.2, 0.25) is 0 Å². The average molecular weight is 282 g/mol. The van der Waals surface area contributed by atoms with E-state index in [1.165, 1.54) is 15.3 Å². The van der Waals surface area contributed by atoms with Crippen molar-refractivity contribution in [1.82, 2.24) is 14.3 Å². The van der Waals surface area contributed by atoms with Gasteiger partial charge in [-0.1, -0.05) is 18.2 Å². The molecule has 3 aromatic rings. The molecule has 6 nitrogen and oxygen atoms in total. The molecule has 0 aliphatic rings. The van der Waals surface area contributed by atoms with Crippen molar-refractivity contribution in [2.75, 3.05) is 5.32 Å². The largest absolute Gasteiger partial charge is 0.346 e. The molecule has 21 heavy (non-hydrogen) atoms. The standard InChI is InChI=1S/C15H14N4O2/c1-2-18-10-12(7-8-14(18)20)16-15(21)19-9-11-5-3-4-6-13(11)17-19/h3-10H,2H2,1H3,(H,16,21). The minimum absolute atomic E-state index is 0.0969. The molecule has 1 amide bonds. The molecule has 0 saturated heterocycles. The summed E-state index contributed by atoms with van der Waals surface area (Å²) in [5.41, 5.74) is 1.22. The molecule has 1 aromatic carbocycles. The Bertz CT molecular complexity index is 830. The van der Waals surface area contributed by atoms with Crippen molar-refractivity contribution in [1.29, 1.82) is 0 Å². The predicted molar refractivity (Wildman–Crippen MR) is 80.5 cm³/mol. The Labute approximate surface area is 120 Å². The van der Waals surface area contributed by atoms with Gasteiger partial charge in [0, 0.05) is 30.4 Å². The predicted octanol–water partition coefficient (Wildman–Crippen LogP) is 2.30. The summed E-state index contributed by atoms with van der Waals surface area (Å²) in [6.45, 7) is 2.42. The molecule has 0 spiro atoms. The van der Waals surface area contributed by atoms with E-state index in [1.54, 1.807) is 18.5 Å². The fourth-order valence-corrected chi connectivity index (χ4v) is 2.10. The summed E-state index contributed by atoms with van der Waals surface area (Å²) in [6.07, 6.45) is 3.28. The Hall–Kier alpha value is -2.89. The van der Waals surface area contributed by atoms with Crippen molar-refractivity contribution in [2.24, 2.45) is 0 Å². The second-order valence-electron chi connectivity index (χ2n) is 4.60. The lowest BCUT2D eigenvalue weighted by atomic mass is 10.3. The quantitative estimate of drug-likeness (QED) is 0.784. The smallest absolute Gasteiger partial charge is 0.314 e. The van der Waals surface area contributed by atoms with E-state index in [-0.39, 0.29) is 11.6 Å². The Morgan fingerprint density at radius 2 is 2.00 bits per heavy atom. The SMILES string of the molecule is CCn1cc(NC(=O)n2cc3ccccc3n2)ccc1=O. The van der Waals surface area contributed by atoms with Crippen molar-refractivity contribution in [3.8, 4) is 0 Å². The number of carbonyl (C=O) groups is 1. The Morgan fingerprint density at radius 1 is 1.19 bits per heavy atom. The summed E-state index contributed by atoms with van der Waals surface area (Å²) in [7, 11) is 0. The Kier molecular flexibility index (Phi) is 3.27. The van der Waals surface area contributed by atoms with Gasteiger partial charge in [0.25, 0.3) is 5.56 Å². The number of nitrogens with one attached hydrogen (secondary N) is 1. The van der Waals surface area contributed by atoms with Crippen LogP contribution in [-0.2, 0) is 6.54 Å². The number of amides is 1. The van der Waals surface area contributed by atoms with Gasteiger partial charge in [-0.25, -0.2) is 4.79 Å².